The number of hydrogen-bond acceptors (Lipinski definition) is 2. The molecular weight excluding hydrogens is 236 g/mol. The molecule has 1 saturated heterocycles. The topological polar surface area (TPSA) is 36.1 Å². The largest absolute Gasteiger partial charge is 0.361 e. The lowest BCUT2D eigenvalue weighted by molar-refractivity contribution is -0.119. The Morgan fingerprint density at radius 1 is 1.21 bits per heavy atom. The Kier molecular flexibility index (Phi) is 3.65. The molecule has 0 atom stereocenters. The van der Waals surface area contributed by atoms with Crippen LogP contribution < -0.4 is 0 Å². The number of para-hydroxylation sites is 1. The maximum absolute atomic E-state index is 12.0. The molecule has 0 unspecified atom stereocenters. The minimum Gasteiger partial charge on any atom is -0.361 e. The van der Waals surface area contributed by atoms with E-state index in [1.54, 1.807) is 0 Å². The van der Waals surface area contributed by atoms with Crippen molar-refractivity contribution in [3.8, 4) is 0 Å². The molecule has 3 rings (SSSR count). The first-order chi connectivity index (χ1) is 9.33. The summed E-state index contributed by atoms with van der Waals surface area (Å²) in [5.74, 6) is 0.368. The first-order valence-electron chi connectivity index (χ1n) is 7.12. The summed E-state index contributed by atoms with van der Waals surface area (Å²) < 4.78 is 0. The van der Waals surface area contributed by atoms with Crippen molar-refractivity contribution in [2.75, 3.05) is 19.6 Å². The van der Waals surface area contributed by atoms with Gasteiger partial charge in [-0.1, -0.05) is 18.2 Å². The van der Waals surface area contributed by atoms with Crippen LogP contribution in [0.4, 0.5) is 0 Å². The van der Waals surface area contributed by atoms with Gasteiger partial charge in [0.1, 0.15) is 5.78 Å². The summed E-state index contributed by atoms with van der Waals surface area (Å²) in [6.45, 7) is 2.83. The van der Waals surface area contributed by atoms with Gasteiger partial charge in [0.2, 0.25) is 0 Å². The second-order valence-electron chi connectivity index (χ2n) is 5.38. The molecule has 100 valence electrons. The van der Waals surface area contributed by atoms with Crippen molar-refractivity contribution in [2.45, 2.75) is 25.7 Å². The number of aromatic amines is 1. The standard InChI is InChI=1S/C16H20N2O/c19-14(12-18-9-3-4-10-18)8-7-13-11-17-16-6-2-1-5-15(13)16/h1-2,5-6,11,17H,3-4,7-10,12H2. The molecule has 1 N–H and O–H groups in total. The highest BCUT2D eigenvalue weighted by Crippen LogP contribution is 2.19. The number of nitrogens with zero attached hydrogens (tertiary/aromatic N) is 1. The molecular formula is C16H20N2O. The molecule has 1 fully saturated rings. The number of H-pyrrole nitrogens is 1. The molecule has 3 heteroatoms. The van der Waals surface area contributed by atoms with Gasteiger partial charge in [0.05, 0.1) is 6.54 Å². The molecule has 0 bridgehead atoms. The maximum atomic E-state index is 12.0. The van der Waals surface area contributed by atoms with Gasteiger partial charge in [0.25, 0.3) is 0 Å². The van der Waals surface area contributed by atoms with Gasteiger partial charge in [-0.2, -0.15) is 0 Å². The molecule has 0 aliphatic carbocycles. The lowest BCUT2D eigenvalue weighted by Gasteiger charge is -2.12. The third-order valence-electron chi connectivity index (χ3n) is 3.95. The number of carbonyl (C=O) groups is 1. The summed E-state index contributed by atoms with van der Waals surface area (Å²) in [6.07, 6.45) is 6.02. The lowest BCUT2D eigenvalue weighted by atomic mass is 10.1. The van der Waals surface area contributed by atoms with Gasteiger partial charge >= 0.3 is 0 Å². The minimum atomic E-state index is 0.368. The van der Waals surface area contributed by atoms with Crippen molar-refractivity contribution in [2.24, 2.45) is 0 Å². The van der Waals surface area contributed by atoms with Crippen molar-refractivity contribution in [3.63, 3.8) is 0 Å². The zero-order chi connectivity index (χ0) is 13.1. The molecule has 2 heterocycles. The molecule has 0 radical (unpaired) electrons. The maximum Gasteiger partial charge on any atom is 0.147 e. The number of benzene rings is 1. The first kappa shape index (κ1) is 12.4. The van der Waals surface area contributed by atoms with E-state index in [4.69, 9.17) is 0 Å². The Labute approximate surface area is 113 Å². The van der Waals surface area contributed by atoms with E-state index in [1.807, 2.05) is 18.3 Å². The minimum absolute atomic E-state index is 0.368. The van der Waals surface area contributed by atoms with E-state index < -0.39 is 0 Å². The third-order valence-corrected chi connectivity index (χ3v) is 3.95. The summed E-state index contributed by atoms with van der Waals surface area (Å²) in [5.41, 5.74) is 2.41. The number of fused-ring (bicyclic) bond motifs is 1. The summed E-state index contributed by atoms with van der Waals surface area (Å²) >= 11 is 0. The summed E-state index contributed by atoms with van der Waals surface area (Å²) in [5, 5.41) is 1.25. The highest BCUT2D eigenvalue weighted by Gasteiger charge is 2.15. The van der Waals surface area contributed by atoms with Gasteiger partial charge in [-0.15, -0.1) is 0 Å². The van der Waals surface area contributed by atoms with E-state index in [0.717, 1.165) is 25.0 Å². The lowest BCUT2D eigenvalue weighted by Crippen LogP contribution is -2.26. The van der Waals surface area contributed by atoms with Crippen molar-refractivity contribution >= 4 is 16.7 Å². The number of aryl methyl sites for hydroxylation is 1. The molecule has 1 aliphatic rings. The van der Waals surface area contributed by atoms with Gasteiger partial charge in [-0.25, -0.2) is 0 Å². The predicted molar refractivity (Wildman–Crippen MR) is 77.3 cm³/mol. The van der Waals surface area contributed by atoms with Crippen molar-refractivity contribution < 1.29 is 4.79 Å². The molecule has 3 nitrogen and oxygen atoms in total. The highest BCUT2D eigenvalue weighted by molar-refractivity contribution is 5.85. The number of carbonyl (C=O) groups excluding carboxylic acids is 1. The number of Topliss-reactive ketones (excluding diaryl/α,β-unsaturated/α-hetero) is 1. The summed E-state index contributed by atoms with van der Waals surface area (Å²) in [6, 6.07) is 8.27. The Balaban J connectivity index is 1.58. The van der Waals surface area contributed by atoms with Gasteiger partial charge in [0, 0.05) is 23.5 Å². The number of likely N-dealkylation sites (tertiary alicyclic amines) is 1. The van der Waals surface area contributed by atoms with Crippen LogP contribution in [0.1, 0.15) is 24.8 Å². The van der Waals surface area contributed by atoms with Crippen LogP contribution in [-0.4, -0.2) is 35.3 Å². The predicted octanol–water partition coefficient (Wildman–Crippen LogP) is 2.77. The molecule has 0 spiro atoms. The molecule has 0 amide bonds. The van der Waals surface area contributed by atoms with E-state index in [-0.39, 0.29) is 0 Å². The average Bonchev–Trinajstić information content (AvgIpc) is 3.05. The second kappa shape index (κ2) is 5.57. The van der Waals surface area contributed by atoms with E-state index >= 15 is 0 Å². The number of aromatic nitrogens is 1. The zero-order valence-electron chi connectivity index (χ0n) is 11.2. The fourth-order valence-corrected chi connectivity index (χ4v) is 2.88. The van der Waals surface area contributed by atoms with Crippen LogP contribution in [0.2, 0.25) is 0 Å². The zero-order valence-corrected chi connectivity index (χ0v) is 11.2. The van der Waals surface area contributed by atoms with Crippen molar-refractivity contribution in [1.29, 1.82) is 0 Å². The Morgan fingerprint density at radius 2 is 2.00 bits per heavy atom. The second-order valence-corrected chi connectivity index (χ2v) is 5.38. The Hall–Kier alpha value is -1.61. The first-order valence-corrected chi connectivity index (χ1v) is 7.12. The number of ketones is 1. The fraction of sp³-hybridized carbons (Fsp3) is 0.438. The van der Waals surface area contributed by atoms with E-state index in [9.17, 15) is 4.79 Å². The number of nitrogens with one attached hydrogen (secondary N) is 1. The molecule has 2 aromatic rings. The van der Waals surface area contributed by atoms with Crippen molar-refractivity contribution in [3.05, 3.63) is 36.0 Å². The average molecular weight is 256 g/mol. The van der Waals surface area contributed by atoms with Crippen LogP contribution in [0.25, 0.3) is 10.9 Å². The molecule has 1 aromatic heterocycles. The van der Waals surface area contributed by atoms with E-state index in [2.05, 4.69) is 22.0 Å². The molecule has 1 aliphatic heterocycles. The van der Waals surface area contributed by atoms with Crippen LogP contribution in [0.15, 0.2) is 30.5 Å². The smallest absolute Gasteiger partial charge is 0.147 e. The van der Waals surface area contributed by atoms with E-state index in [0.29, 0.717) is 18.7 Å². The third kappa shape index (κ3) is 2.87. The van der Waals surface area contributed by atoms with Crippen LogP contribution >= 0.6 is 0 Å². The summed E-state index contributed by atoms with van der Waals surface area (Å²) in [7, 11) is 0. The Bertz CT molecular complexity index is 567. The van der Waals surface area contributed by atoms with Crippen LogP contribution in [0, 0.1) is 0 Å². The van der Waals surface area contributed by atoms with Gasteiger partial charge in [0.15, 0.2) is 0 Å². The highest BCUT2D eigenvalue weighted by atomic mass is 16.1. The van der Waals surface area contributed by atoms with Gasteiger partial charge < -0.3 is 4.98 Å². The van der Waals surface area contributed by atoms with Crippen LogP contribution in [-0.2, 0) is 11.2 Å². The molecule has 19 heavy (non-hydrogen) atoms. The Morgan fingerprint density at radius 3 is 2.84 bits per heavy atom. The fourth-order valence-electron chi connectivity index (χ4n) is 2.88. The van der Waals surface area contributed by atoms with Crippen molar-refractivity contribution in [1.82, 2.24) is 9.88 Å². The molecule has 1 aromatic carbocycles. The summed E-state index contributed by atoms with van der Waals surface area (Å²) in [4.78, 5) is 17.5. The monoisotopic (exact) mass is 256 g/mol. The quantitative estimate of drug-likeness (QED) is 0.893. The van der Waals surface area contributed by atoms with Gasteiger partial charge in [-0.3, -0.25) is 9.69 Å². The van der Waals surface area contributed by atoms with Gasteiger partial charge in [-0.05, 0) is 44.0 Å². The number of rotatable bonds is 5. The van der Waals surface area contributed by atoms with E-state index in [1.165, 1.54) is 23.8 Å². The normalized spacial score (nSPS) is 16.2. The van der Waals surface area contributed by atoms with Crippen LogP contribution in [0.3, 0.4) is 0 Å². The van der Waals surface area contributed by atoms with Crippen LogP contribution in [0.5, 0.6) is 0 Å². The SMILES string of the molecule is O=C(CCc1c[nH]c2ccccc12)CN1CCCC1. The number of hydrogen-bond donors (Lipinski definition) is 1. The molecule has 0 saturated carbocycles.